The monoisotopic (exact) mass is 444 g/mol. The number of piperidine rings is 1. The number of carbonyl (C=O) groups excluding carboxylic acids is 1. The molecular formula is C21H19F3N6O2. The van der Waals surface area contributed by atoms with Crippen molar-refractivity contribution in [3.05, 3.63) is 60.3 Å². The first-order chi connectivity index (χ1) is 15.3. The van der Waals surface area contributed by atoms with Gasteiger partial charge in [-0.2, -0.15) is 23.4 Å². The van der Waals surface area contributed by atoms with Crippen LogP contribution in [-0.2, 0) is 6.18 Å². The Balaban J connectivity index is 1.39. The van der Waals surface area contributed by atoms with Gasteiger partial charge in [-0.15, -0.1) is 4.80 Å². The molecule has 0 N–H and O–H groups in total. The molecule has 1 aliphatic heterocycles. The first-order valence-corrected chi connectivity index (χ1v) is 10.2. The van der Waals surface area contributed by atoms with E-state index < -0.39 is 11.7 Å². The van der Waals surface area contributed by atoms with Crippen molar-refractivity contribution in [1.82, 2.24) is 29.9 Å². The molecule has 4 atom stereocenters. The summed E-state index contributed by atoms with van der Waals surface area (Å²) >= 11 is 0. The Hall–Kier alpha value is -3.50. The lowest BCUT2D eigenvalue weighted by atomic mass is 9.99. The molecule has 5 rings (SSSR count). The number of hydrogen-bond acceptors (Lipinski definition) is 6. The quantitative estimate of drug-likeness (QED) is 0.615. The topological polar surface area (TPSA) is 86.0 Å². The van der Waals surface area contributed by atoms with Crippen LogP contribution in [0.25, 0.3) is 5.69 Å². The fourth-order valence-corrected chi connectivity index (χ4v) is 4.74. The fraction of sp³-hybridized carbons (Fsp3) is 0.381. The van der Waals surface area contributed by atoms with Crippen molar-refractivity contribution in [2.75, 3.05) is 0 Å². The molecule has 3 aromatic rings. The molecule has 1 saturated carbocycles. The third kappa shape index (κ3) is 3.37. The summed E-state index contributed by atoms with van der Waals surface area (Å²) in [5.74, 6) is -0.102. The maximum absolute atomic E-state index is 13.5. The molecule has 0 spiro atoms. The van der Waals surface area contributed by atoms with Crippen LogP contribution in [0.2, 0.25) is 0 Å². The molecule has 1 amide bonds. The molecule has 1 saturated heterocycles. The number of ether oxygens (including phenoxy) is 1. The van der Waals surface area contributed by atoms with Crippen LogP contribution in [0.5, 0.6) is 5.88 Å². The number of halogens is 3. The largest absolute Gasteiger partial charge is 0.472 e. The summed E-state index contributed by atoms with van der Waals surface area (Å²) in [4.78, 5) is 24.7. The number of carbonyl (C=O) groups is 1. The van der Waals surface area contributed by atoms with E-state index in [2.05, 4.69) is 20.2 Å². The lowest BCUT2D eigenvalue weighted by Crippen LogP contribution is -2.45. The number of hydrogen-bond donors (Lipinski definition) is 0. The molecule has 0 radical (unpaired) electrons. The van der Waals surface area contributed by atoms with Crippen LogP contribution >= 0.6 is 0 Å². The molecule has 3 aromatic heterocycles. The first-order valence-electron chi connectivity index (χ1n) is 10.2. The van der Waals surface area contributed by atoms with E-state index in [0.717, 1.165) is 25.1 Å². The van der Waals surface area contributed by atoms with Gasteiger partial charge in [-0.3, -0.25) is 4.79 Å². The second-order valence-corrected chi connectivity index (χ2v) is 7.92. The van der Waals surface area contributed by atoms with Gasteiger partial charge in [-0.25, -0.2) is 9.97 Å². The summed E-state index contributed by atoms with van der Waals surface area (Å²) in [5, 5.41) is 8.20. The predicted molar refractivity (Wildman–Crippen MR) is 105 cm³/mol. The molecule has 2 aliphatic rings. The number of rotatable bonds is 4. The number of amides is 1. The van der Waals surface area contributed by atoms with E-state index in [-0.39, 0.29) is 41.6 Å². The van der Waals surface area contributed by atoms with E-state index >= 15 is 0 Å². The molecule has 32 heavy (non-hydrogen) atoms. The molecule has 8 nitrogen and oxygen atoms in total. The van der Waals surface area contributed by atoms with Crippen LogP contribution in [-0.4, -0.2) is 54.0 Å². The molecule has 0 aromatic carbocycles. The second-order valence-electron chi connectivity index (χ2n) is 7.92. The highest BCUT2D eigenvalue weighted by atomic mass is 19.4. The Bertz CT molecular complexity index is 1120. The standard InChI is InChI=1S/C21H19F3N6O2/c1-12-14-5-6-16(19(14)32-17-7-4-13(11-26-17)21(22,23)24)29(12)20(31)18-15(3-2-8-25-18)30-27-9-10-28-30/h2-4,7-12,14,16,19H,5-6H2,1H3. The van der Waals surface area contributed by atoms with Gasteiger partial charge in [-0.1, -0.05) is 0 Å². The number of nitrogens with zero attached hydrogens (tertiary/aromatic N) is 6. The Kier molecular flexibility index (Phi) is 4.83. The Morgan fingerprint density at radius 1 is 1.09 bits per heavy atom. The van der Waals surface area contributed by atoms with E-state index in [1.807, 2.05) is 6.92 Å². The Morgan fingerprint density at radius 3 is 2.56 bits per heavy atom. The van der Waals surface area contributed by atoms with Crippen molar-refractivity contribution >= 4 is 5.91 Å². The van der Waals surface area contributed by atoms with Gasteiger partial charge in [0.1, 0.15) is 11.8 Å². The van der Waals surface area contributed by atoms with E-state index in [9.17, 15) is 18.0 Å². The third-order valence-corrected chi connectivity index (χ3v) is 6.19. The normalized spacial score (nSPS) is 24.7. The van der Waals surface area contributed by atoms with Crippen molar-refractivity contribution in [2.24, 2.45) is 5.92 Å². The van der Waals surface area contributed by atoms with E-state index in [1.54, 1.807) is 23.2 Å². The maximum atomic E-state index is 13.5. The van der Waals surface area contributed by atoms with Gasteiger partial charge in [0.15, 0.2) is 5.69 Å². The number of likely N-dealkylation sites (tertiary alicyclic amines) is 1. The maximum Gasteiger partial charge on any atom is 0.417 e. The van der Waals surface area contributed by atoms with Crippen molar-refractivity contribution < 1.29 is 22.7 Å². The lowest BCUT2D eigenvalue weighted by molar-refractivity contribution is -0.137. The highest BCUT2D eigenvalue weighted by molar-refractivity contribution is 5.96. The van der Waals surface area contributed by atoms with Gasteiger partial charge in [-0.05, 0) is 38.0 Å². The van der Waals surface area contributed by atoms with Crippen LogP contribution in [0.4, 0.5) is 13.2 Å². The Morgan fingerprint density at radius 2 is 1.88 bits per heavy atom. The van der Waals surface area contributed by atoms with Gasteiger partial charge >= 0.3 is 6.18 Å². The van der Waals surface area contributed by atoms with Crippen LogP contribution < -0.4 is 4.74 Å². The lowest BCUT2D eigenvalue weighted by Gasteiger charge is -2.32. The summed E-state index contributed by atoms with van der Waals surface area (Å²) < 4.78 is 44.4. The van der Waals surface area contributed by atoms with Gasteiger partial charge in [0.25, 0.3) is 5.91 Å². The first kappa shape index (κ1) is 20.4. The van der Waals surface area contributed by atoms with E-state index in [4.69, 9.17) is 4.74 Å². The summed E-state index contributed by atoms with van der Waals surface area (Å²) in [5.41, 5.74) is -0.131. The molecule has 2 bridgehead atoms. The second kappa shape index (κ2) is 7.57. The van der Waals surface area contributed by atoms with Crippen LogP contribution in [0, 0.1) is 5.92 Å². The van der Waals surface area contributed by atoms with Gasteiger partial charge < -0.3 is 9.64 Å². The highest BCUT2D eigenvalue weighted by Gasteiger charge is 2.55. The molecule has 166 valence electrons. The molecule has 4 heterocycles. The molecule has 4 unspecified atom stereocenters. The summed E-state index contributed by atoms with van der Waals surface area (Å²) in [6, 6.07) is 5.24. The minimum Gasteiger partial charge on any atom is -0.472 e. The van der Waals surface area contributed by atoms with Crippen molar-refractivity contribution in [3.63, 3.8) is 0 Å². The van der Waals surface area contributed by atoms with Crippen molar-refractivity contribution in [1.29, 1.82) is 0 Å². The summed E-state index contributed by atoms with van der Waals surface area (Å²) in [6.07, 6.45) is 2.11. The molecule has 1 aliphatic carbocycles. The summed E-state index contributed by atoms with van der Waals surface area (Å²) in [7, 11) is 0. The zero-order valence-electron chi connectivity index (χ0n) is 17.0. The SMILES string of the molecule is CC1C2CCC(C2Oc2ccc(C(F)(F)F)cn2)N1C(=O)c1ncccc1-n1nccn1. The summed E-state index contributed by atoms with van der Waals surface area (Å²) in [6.45, 7) is 1.95. The average molecular weight is 444 g/mol. The average Bonchev–Trinajstić information content (AvgIpc) is 3.49. The molecule has 2 fully saturated rings. The number of aromatic nitrogens is 5. The number of alkyl halides is 3. The van der Waals surface area contributed by atoms with Crippen LogP contribution in [0.1, 0.15) is 35.8 Å². The number of pyridine rings is 2. The third-order valence-electron chi connectivity index (χ3n) is 6.19. The van der Waals surface area contributed by atoms with Gasteiger partial charge in [0.05, 0.1) is 24.0 Å². The van der Waals surface area contributed by atoms with Crippen molar-refractivity contribution in [3.8, 4) is 11.6 Å². The Labute approximate surface area is 181 Å². The van der Waals surface area contributed by atoms with Crippen molar-refractivity contribution in [2.45, 2.75) is 44.1 Å². The fourth-order valence-electron chi connectivity index (χ4n) is 4.74. The zero-order chi connectivity index (χ0) is 22.5. The number of fused-ring (bicyclic) bond motifs is 2. The highest BCUT2D eigenvalue weighted by Crippen LogP contribution is 2.45. The van der Waals surface area contributed by atoms with Crippen LogP contribution in [0.15, 0.2) is 49.1 Å². The smallest absolute Gasteiger partial charge is 0.417 e. The molecule has 11 heteroatoms. The van der Waals surface area contributed by atoms with E-state index in [1.165, 1.54) is 23.3 Å². The molecular weight excluding hydrogens is 425 g/mol. The van der Waals surface area contributed by atoms with Gasteiger partial charge in [0.2, 0.25) is 5.88 Å². The van der Waals surface area contributed by atoms with Gasteiger partial charge in [0, 0.05) is 30.4 Å². The minimum atomic E-state index is -4.46. The minimum absolute atomic E-state index is 0.0445. The van der Waals surface area contributed by atoms with E-state index in [0.29, 0.717) is 5.69 Å². The zero-order valence-corrected chi connectivity index (χ0v) is 17.0. The van der Waals surface area contributed by atoms with Crippen LogP contribution in [0.3, 0.4) is 0 Å². The predicted octanol–water partition coefficient (Wildman–Crippen LogP) is 3.15.